The van der Waals surface area contributed by atoms with E-state index in [2.05, 4.69) is 26.6 Å². The molecule has 0 saturated carbocycles. The van der Waals surface area contributed by atoms with Crippen LogP contribution in [0, 0.1) is 5.92 Å². The van der Waals surface area contributed by atoms with Gasteiger partial charge in [0.2, 0.25) is 0 Å². The van der Waals surface area contributed by atoms with E-state index in [-0.39, 0.29) is 5.91 Å². The van der Waals surface area contributed by atoms with Crippen LogP contribution in [0.2, 0.25) is 0 Å². The largest absolute Gasteiger partial charge is 0.346 e. The van der Waals surface area contributed by atoms with Crippen molar-refractivity contribution in [2.24, 2.45) is 5.92 Å². The average Bonchev–Trinajstić information content (AvgIpc) is 3.20. The summed E-state index contributed by atoms with van der Waals surface area (Å²) < 4.78 is 0. The molecule has 21 heavy (non-hydrogen) atoms. The number of carbonyl (C=O) groups excluding carboxylic acids is 1. The Balaban J connectivity index is 1.46. The third-order valence-electron chi connectivity index (χ3n) is 4.48. The molecule has 2 aromatic rings. The fourth-order valence-corrected chi connectivity index (χ4v) is 4.82. The van der Waals surface area contributed by atoms with E-state index in [4.69, 9.17) is 0 Å². The zero-order chi connectivity index (χ0) is 14.2. The fourth-order valence-electron chi connectivity index (χ4n) is 3.28. The van der Waals surface area contributed by atoms with E-state index in [0.29, 0.717) is 17.0 Å². The summed E-state index contributed by atoms with van der Waals surface area (Å²) in [6, 6.07) is 2.36. The molecule has 0 radical (unpaired) electrons. The van der Waals surface area contributed by atoms with Crippen LogP contribution < -0.4 is 5.32 Å². The highest BCUT2D eigenvalue weighted by molar-refractivity contribution is 7.17. The van der Waals surface area contributed by atoms with Crippen LogP contribution in [0.1, 0.15) is 22.6 Å². The lowest BCUT2D eigenvalue weighted by molar-refractivity contribution is 0.0620. The molecule has 0 aromatic carbocycles. The SMILES string of the molecule is O=C(N[C@H]1CN2CCC1CC2)c1ncc(-c2ccsc2)s1. The molecule has 3 aliphatic rings. The molecule has 5 heterocycles. The molecule has 2 bridgehead atoms. The minimum Gasteiger partial charge on any atom is -0.346 e. The monoisotopic (exact) mass is 319 g/mol. The van der Waals surface area contributed by atoms with Crippen LogP contribution in [0.25, 0.3) is 10.4 Å². The van der Waals surface area contributed by atoms with Crippen molar-refractivity contribution in [3.05, 3.63) is 28.0 Å². The number of carbonyl (C=O) groups is 1. The van der Waals surface area contributed by atoms with Crippen molar-refractivity contribution in [1.82, 2.24) is 15.2 Å². The average molecular weight is 319 g/mol. The van der Waals surface area contributed by atoms with Crippen LogP contribution in [0.3, 0.4) is 0 Å². The van der Waals surface area contributed by atoms with Crippen LogP contribution in [-0.4, -0.2) is 41.5 Å². The Morgan fingerprint density at radius 2 is 2.24 bits per heavy atom. The van der Waals surface area contributed by atoms with E-state index >= 15 is 0 Å². The van der Waals surface area contributed by atoms with Gasteiger partial charge < -0.3 is 10.2 Å². The molecular weight excluding hydrogens is 302 g/mol. The Hall–Kier alpha value is -1.24. The van der Waals surface area contributed by atoms with Crippen molar-refractivity contribution < 1.29 is 4.79 Å². The molecule has 4 nitrogen and oxygen atoms in total. The molecule has 0 aliphatic carbocycles. The zero-order valence-corrected chi connectivity index (χ0v) is 13.3. The smallest absolute Gasteiger partial charge is 0.280 e. The maximum absolute atomic E-state index is 12.4. The maximum Gasteiger partial charge on any atom is 0.280 e. The van der Waals surface area contributed by atoms with Crippen LogP contribution in [0.15, 0.2) is 23.0 Å². The van der Waals surface area contributed by atoms with Crippen molar-refractivity contribution in [2.75, 3.05) is 19.6 Å². The van der Waals surface area contributed by atoms with Gasteiger partial charge in [-0.25, -0.2) is 4.98 Å². The van der Waals surface area contributed by atoms with E-state index in [1.807, 2.05) is 5.38 Å². The van der Waals surface area contributed by atoms with Crippen LogP contribution in [-0.2, 0) is 0 Å². The number of fused-ring (bicyclic) bond motifs is 3. The predicted octanol–water partition coefficient (Wildman–Crippen LogP) is 2.70. The lowest BCUT2D eigenvalue weighted by Crippen LogP contribution is -2.57. The highest BCUT2D eigenvalue weighted by Gasteiger charge is 2.35. The number of thiophene rings is 1. The van der Waals surface area contributed by atoms with E-state index in [9.17, 15) is 4.79 Å². The fraction of sp³-hybridized carbons (Fsp3) is 0.467. The highest BCUT2D eigenvalue weighted by atomic mass is 32.1. The Bertz CT molecular complexity index is 629. The van der Waals surface area contributed by atoms with Crippen LogP contribution in [0.5, 0.6) is 0 Å². The lowest BCUT2D eigenvalue weighted by Gasteiger charge is -2.44. The topological polar surface area (TPSA) is 45.2 Å². The second kappa shape index (κ2) is 5.51. The Labute approximate surface area is 131 Å². The summed E-state index contributed by atoms with van der Waals surface area (Å²) in [5.41, 5.74) is 1.15. The third kappa shape index (κ3) is 2.63. The Morgan fingerprint density at radius 1 is 1.38 bits per heavy atom. The normalized spacial score (nSPS) is 27.7. The number of hydrogen-bond donors (Lipinski definition) is 1. The molecule has 0 unspecified atom stereocenters. The molecule has 2 aromatic heterocycles. The molecular formula is C15H17N3OS2. The van der Waals surface area contributed by atoms with Gasteiger partial charge in [0, 0.05) is 24.3 Å². The molecule has 1 N–H and O–H groups in total. The van der Waals surface area contributed by atoms with Gasteiger partial charge in [0.05, 0.1) is 4.88 Å². The molecule has 6 heteroatoms. The van der Waals surface area contributed by atoms with Crippen molar-refractivity contribution in [2.45, 2.75) is 18.9 Å². The summed E-state index contributed by atoms with van der Waals surface area (Å²) in [6.45, 7) is 3.38. The van der Waals surface area contributed by atoms with E-state index in [1.54, 1.807) is 17.5 Å². The first kappa shape index (κ1) is 13.4. The van der Waals surface area contributed by atoms with Gasteiger partial charge in [-0.2, -0.15) is 11.3 Å². The first-order valence-corrected chi connectivity index (χ1v) is 9.07. The van der Waals surface area contributed by atoms with Gasteiger partial charge in [0.25, 0.3) is 5.91 Å². The first-order chi connectivity index (χ1) is 10.3. The second-order valence-corrected chi connectivity index (χ2v) is 7.57. The molecule has 3 aliphatic heterocycles. The van der Waals surface area contributed by atoms with Gasteiger partial charge in [-0.1, -0.05) is 0 Å². The van der Waals surface area contributed by atoms with Crippen molar-refractivity contribution in [3.63, 3.8) is 0 Å². The summed E-state index contributed by atoms with van der Waals surface area (Å²) in [5.74, 6) is 0.635. The number of piperidine rings is 3. The Morgan fingerprint density at radius 3 is 2.90 bits per heavy atom. The number of nitrogens with zero attached hydrogens (tertiary/aromatic N) is 2. The Kier molecular flexibility index (Phi) is 3.52. The van der Waals surface area contributed by atoms with Gasteiger partial charge in [0.15, 0.2) is 5.01 Å². The van der Waals surface area contributed by atoms with Crippen LogP contribution in [0.4, 0.5) is 0 Å². The number of thiazole rings is 1. The van der Waals surface area contributed by atoms with Gasteiger partial charge in [-0.05, 0) is 48.7 Å². The van der Waals surface area contributed by atoms with Crippen molar-refractivity contribution in [1.29, 1.82) is 0 Å². The van der Waals surface area contributed by atoms with Crippen LogP contribution >= 0.6 is 22.7 Å². The molecule has 3 fully saturated rings. The number of nitrogens with one attached hydrogen (secondary N) is 1. The number of hydrogen-bond acceptors (Lipinski definition) is 5. The third-order valence-corrected chi connectivity index (χ3v) is 6.21. The summed E-state index contributed by atoms with van der Waals surface area (Å²) in [5, 5.41) is 7.90. The predicted molar refractivity (Wildman–Crippen MR) is 85.8 cm³/mol. The van der Waals surface area contributed by atoms with Crippen molar-refractivity contribution in [3.8, 4) is 10.4 Å². The summed E-state index contributed by atoms with van der Waals surface area (Å²) in [7, 11) is 0. The number of aromatic nitrogens is 1. The minimum absolute atomic E-state index is 0.0137. The molecule has 110 valence electrons. The molecule has 0 spiro atoms. The summed E-state index contributed by atoms with van der Waals surface area (Å²) >= 11 is 3.14. The lowest BCUT2D eigenvalue weighted by atomic mass is 9.84. The van der Waals surface area contributed by atoms with Gasteiger partial charge >= 0.3 is 0 Å². The maximum atomic E-state index is 12.4. The van der Waals surface area contributed by atoms with E-state index in [0.717, 1.165) is 17.0 Å². The van der Waals surface area contributed by atoms with Gasteiger partial charge in [-0.3, -0.25) is 4.79 Å². The van der Waals surface area contributed by atoms with E-state index in [1.165, 1.54) is 37.3 Å². The highest BCUT2D eigenvalue weighted by Crippen LogP contribution is 2.30. The quantitative estimate of drug-likeness (QED) is 0.946. The van der Waals surface area contributed by atoms with Gasteiger partial charge in [-0.15, -0.1) is 11.3 Å². The number of amides is 1. The zero-order valence-electron chi connectivity index (χ0n) is 11.6. The molecule has 1 amide bonds. The summed E-state index contributed by atoms with van der Waals surface area (Å²) in [6.07, 6.45) is 4.23. The van der Waals surface area contributed by atoms with Crippen molar-refractivity contribution >= 4 is 28.6 Å². The molecule has 3 saturated heterocycles. The second-order valence-electron chi connectivity index (χ2n) is 5.76. The molecule has 1 atom stereocenters. The molecule has 5 rings (SSSR count). The van der Waals surface area contributed by atoms with Gasteiger partial charge in [0.1, 0.15) is 0 Å². The first-order valence-electron chi connectivity index (χ1n) is 7.31. The van der Waals surface area contributed by atoms with E-state index < -0.39 is 0 Å². The standard InChI is InChI=1S/C15H17N3OS2/c19-14(17-12-8-18-4-1-10(12)2-5-18)15-16-7-13(21-15)11-3-6-20-9-11/h3,6-7,9-10,12H,1-2,4-5,8H2,(H,17,19)/t12-/m0/s1. The summed E-state index contributed by atoms with van der Waals surface area (Å²) in [4.78, 5) is 20.2. The number of rotatable bonds is 3. The minimum atomic E-state index is -0.0137.